The molecule has 106 valence electrons. The molecule has 10 heteroatoms. The van der Waals surface area contributed by atoms with Crippen molar-refractivity contribution in [2.75, 3.05) is 0 Å². The van der Waals surface area contributed by atoms with Crippen LogP contribution in [0.1, 0.15) is 0 Å². The third-order valence-electron chi connectivity index (χ3n) is 1.74. The van der Waals surface area contributed by atoms with Crippen molar-refractivity contribution < 1.29 is 32.9 Å². The first kappa shape index (κ1) is 14.4. The summed E-state index contributed by atoms with van der Waals surface area (Å²) in [5.74, 6) is 0. The number of hydrogen-bond donors (Lipinski definition) is 0. The van der Waals surface area contributed by atoms with Crippen LogP contribution in [0.25, 0.3) is 0 Å². The van der Waals surface area contributed by atoms with Gasteiger partial charge in [-0.1, -0.05) is 0 Å². The van der Waals surface area contributed by atoms with E-state index < -0.39 is 35.9 Å². The zero-order valence-electron chi connectivity index (χ0n) is 8.93. The molecule has 0 amide bonds. The van der Waals surface area contributed by atoms with Crippen molar-refractivity contribution in [2.24, 2.45) is 0 Å². The second-order valence-electron chi connectivity index (χ2n) is 3.05. The van der Waals surface area contributed by atoms with E-state index in [4.69, 9.17) is 8.83 Å². The van der Waals surface area contributed by atoms with Crippen molar-refractivity contribution in [1.82, 2.24) is 0 Å². The van der Waals surface area contributed by atoms with E-state index in [1.54, 1.807) is 0 Å². The van der Waals surface area contributed by atoms with E-state index >= 15 is 0 Å². The summed E-state index contributed by atoms with van der Waals surface area (Å²) in [4.78, 5) is 0. The van der Waals surface area contributed by atoms with Gasteiger partial charge in [0.2, 0.25) is 0 Å². The predicted molar refractivity (Wildman–Crippen MR) is 64.9 cm³/mol. The van der Waals surface area contributed by atoms with Gasteiger partial charge in [0.1, 0.15) is 0 Å². The van der Waals surface area contributed by atoms with Crippen molar-refractivity contribution in [1.29, 1.82) is 0 Å². The van der Waals surface area contributed by atoms with Crippen LogP contribution in [0.2, 0.25) is 0 Å². The van der Waals surface area contributed by atoms with Gasteiger partial charge in [-0.05, 0) is 0 Å². The second kappa shape index (κ2) is 5.17. The first-order chi connectivity index (χ1) is 8.81. The van der Waals surface area contributed by atoms with E-state index in [1.165, 1.54) is 36.8 Å². The van der Waals surface area contributed by atoms with Gasteiger partial charge in [0.05, 0.1) is 0 Å². The topological polar surface area (TPSA) is 69.7 Å². The van der Waals surface area contributed by atoms with Crippen LogP contribution in [0.3, 0.4) is 0 Å². The van der Waals surface area contributed by atoms with Crippen molar-refractivity contribution in [3.8, 4) is 0 Å². The van der Waals surface area contributed by atoms with Gasteiger partial charge < -0.3 is 0 Å². The summed E-state index contributed by atoms with van der Waals surface area (Å²) in [6.07, 6.45) is 2.43. The van der Waals surface area contributed by atoms with E-state index in [-0.39, 0.29) is 7.53 Å². The molecule has 5 nitrogen and oxygen atoms in total. The average Bonchev–Trinajstić information content (AvgIpc) is 2.98. The van der Waals surface area contributed by atoms with Crippen LogP contribution in [0, 0.1) is 7.53 Å². The SMILES string of the molecule is O=S(=O)(OI(c1ccco1)c1ccco1)C(F)(F)F. The molecule has 0 N–H and O–H groups in total. The number of hydrogen-bond acceptors (Lipinski definition) is 5. The number of halogens is 4. The average molecular weight is 410 g/mol. The summed E-state index contributed by atoms with van der Waals surface area (Å²) in [5, 5.41) is 0. The molecule has 2 aromatic heterocycles. The molecular weight excluding hydrogens is 404 g/mol. The molecule has 0 aliphatic heterocycles. The van der Waals surface area contributed by atoms with Crippen LogP contribution in [0.15, 0.2) is 45.6 Å². The van der Waals surface area contributed by atoms with Gasteiger partial charge in [-0.2, -0.15) is 0 Å². The first-order valence-corrected chi connectivity index (χ1v) is 9.04. The van der Waals surface area contributed by atoms with Crippen LogP contribution in [-0.4, -0.2) is 13.9 Å². The number of alkyl halides is 3. The van der Waals surface area contributed by atoms with Crippen LogP contribution >= 0.6 is 20.2 Å². The minimum absolute atomic E-state index is 0.0342. The molecule has 0 saturated carbocycles. The van der Waals surface area contributed by atoms with Crippen molar-refractivity contribution in [3.05, 3.63) is 44.3 Å². The molecule has 2 heterocycles. The van der Waals surface area contributed by atoms with E-state index in [1.807, 2.05) is 0 Å². The Hall–Kier alpha value is -1.01. The third-order valence-corrected chi connectivity index (χ3v) is 8.26. The normalized spacial score (nSPS) is 13.5. The fraction of sp³-hybridized carbons (Fsp3) is 0.111. The first-order valence-electron chi connectivity index (χ1n) is 4.59. The van der Waals surface area contributed by atoms with Crippen molar-refractivity contribution in [2.45, 2.75) is 5.51 Å². The summed E-state index contributed by atoms with van der Waals surface area (Å²) in [6.45, 7) is 0. The Morgan fingerprint density at radius 1 is 1.05 bits per heavy atom. The fourth-order valence-electron chi connectivity index (χ4n) is 0.985. The van der Waals surface area contributed by atoms with Gasteiger partial charge in [-0.3, -0.25) is 0 Å². The molecule has 2 aromatic rings. The molecular formula is C9H6F3IO5S. The Bertz CT molecular complexity index is 583. The molecule has 0 spiro atoms. The van der Waals surface area contributed by atoms with Gasteiger partial charge in [0.15, 0.2) is 0 Å². The Morgan fingerprint density at radius 2 is 1.53 bits per heavy atom. The second-order valence-corrected chi connectivity index (χ2v) is 9.17. The molecule has 0 unspecified atom stereocenters. The summed E-state index contributed by atoms with van der Waals surface area (Å²) in [5.41, 5.74) is -5.48. The molecule has 0 fully saturated rings. The minimum atomic E-state index is -5.70. The molecule has 0 aliphatic carbocycles. The van der Waals surface area contributed by atoms with Crippen LogP contribution < -0.4 is 0 Å². The van der Waals surface area contributed by atoms with E-state index in [9.17, 15) is 21.6 Å². The molecule has 0 aromatic carbocycles. The molecule has 2 rings (SSSR count). The summed E-state index contributed by atoms with van der Waals surface area (Å²) >= 11 is -3.42. The predicted octanol–water partition coefficient (Wildman–Crippen LogP) is 3.20. The zero-order valence-corrected chi connectivity index (χ0v) is 11.9. The van der Waals surface area contributed by atoms with Crippen LogP contribution in [-0.2, 0) is 12.6 Å². The molecule has 0 bridgehead atoms. The molecule has 0 saturated heterocycles. The van der Waals surface area contributed by atoms with Gasteiger partial charge in [0.25, 0.3) is 0 Å². The van der Waals surface area contributed by atoms with Crippen molar-refractivity contribution in [3.63, 3.8) is 0 Å². The van der Waals surface area contributed by atoms with Crippen LogP contribution in [0.5, 0.6) is 0 Å². The van der Waals surface area contributed by atoms with E-state index in [0.29, 0.717) is 0 Å². The summed E-state index contributed by atoms with van der Waals surface area (Å²) < 4.78 is 73.3. The quantitative estimate of drug-likeness (QED) is 0.572. The Labute approximate surface area is 113 Å². The summed E-state index contributed by atoms with van der Waals surface area (Å²) in [7, 11) is -5.70. The van der Waals surface area contributed by atoms with Gasteiger partial charge in [-0.15, -0.1) is 0 Å². The molecule has 0 aliphatic rings. The van der Waals surface area contributed by atoms with E-state index in [2.05, 4.69) is 2.51 Å². The monoisotopic (exact) mass is 410 g/mol. The Kier molecular flexibility index (Phi) is 3.92. The van der Waals surface area contributed by atoms with Gasteiger partial charge in [0, 0.05) is 0 Å². The maximum atomic E-state index is 12.3. The van der Waals surface area contributed by atoms with Gasteiger partial charge in [-0.25, -0.2) is 0 Å². The fourth-order valence-corrected chi connectivity index (χ4v) is 6.79. The molecule has 0 radical (unpaired) electrons. The molecule has 19 heavy (non-hydrogen) atoms. The van der Waals surface area contributed by atoms with E-state index in [0.717, 1.165) is 0 Å². The molecule has 0 atom stereocenters. The third kappa shape index (κ3) is 3.12. The van der Waals surface area contributed by atoms with Crippen LogP contribution in [0.4, 0.5) is 13.2 Å². The number of rotatable bonds is 4. The number of furan rings is 2. The maximum absolute atomic E-state index is 12.3. The summed E-state index contributed by atoms with van der Waals surface area (Å²) in [6, 6.07) is 5.54. The van der Waals surface area contributed by atoms with Gasteiger partial charge >= 0.3 is 113 Å². The zero-order chi connectivity index (χ0) is 14.1. The standard InChI is InChI=1S/C9H6F3IO5S/c10-9(11,12)19(14,15)18-13(7-3-1-5-16-7)8-4-2-6-17-8/h1-6H. The Balaban J connectivity index is 2.36. The van der Waals surface area contributed by atoms with Crippen molar-refractivity contribution >= 4 is 30.4 Å². The Morgan fingerprint density at radius 3 is 1.84 bits per heavy atom.